The summed E-state index contributed by atoms with van der Waals surface area (Å²) >= 11 is 0. The molecular formula is C18H20NO5P. The van der Waals surface area contributed by atoms with Crippen LogP contribution in [0, 0.1) is 5.92 Å². The van der Waals surface area contributed by atoms with Gasteiger partial charge in [0.2, 0.25) is 0 Å². The Hall–Kier alpha value is -2.30. The van der Waals surface area contributed by atoms with Gasteiger partial charge in [-0.05, 0) is 0 Å². The first-order chi connectivity index (χ1) is 12.0. The molecule has 6 nitrogen and oxygen atoms in total. The number of nitrogens with one attached hydrogen (secondary N) is 1. The van der Waals surface area contributed by atoms with E-state index in [0.29, 0.717) is 17.2 Å². The molecule has 2 aliphatic rings. The van der Waals surface area contributed by atoms with Crippen molar-refractivity contribution in [3.63, 3.8) is 0 Å². The molecule has 25 heavy (non-hydrogen) atoms. The van der Waals surface area contributed by atoms with Gasteiger partial charge in [0.15, 0.2) is 0 Å². The number of fused-ring (bicyclic) bond motifs is 1. The van der Waals surface area contributed by atoms with Crippen LogP contribution in [-0.4, -0.2) is 12.0 Å². The summed E-state index contributed by atoms with van der Waals surface area (Å²) in [6.07, 6.45) is 0.803. The molecule has 2 heterocycles. The van der Waals surface area contributed by atoms with Crippen LogP contribution in [0.1, 0.15) is 20.3 Å². The molecule has 0 saturated carbocycles. The second-order valence-electron chi connectivity index (χ2n) is 6.25. The van der Waals surface area contributed by atoms with Gasteiger partial charge in [0.1, 0.15) is 0 Å². The van der Waals surface area contributed by atoms with E-state index in [2.05, 4.69) is 5.09 Å². The Labute approximate surface area is 146 Å². The van der Waals surface area contributed by atoms with Crippen molar-refractivity contribution in [3.8, 4) is 17.2 Å². The predicted octanol–water partition coefficient (Wildman–Crippen LogP) is 4.23. The fraction of sp³-hybridized carbons (Fsp3) is 0.278. The van der Waals surface area contributed by atoms with Gasteiger partial charge in [0, 0.05) is 0 Å². The minimum absolute atomic E-state index is 0.0456. The molecule has 132 valence electrons. The zero-order valence-electron chi connectivity index (χ0n) is 14.0. The fourth-order valence-corrected chi connectivity index (χ4v) is 6.05. The molecule has 2 aromatic rings. The molecule has 1 fully saturated rings. The van der Waals surface area contributed by atoms with Gasteiger partial charge >= 0.3 is 146 Å². The van der Waals surface area contributed by atoms with Gasteiger partial charge in [-0.25, -0.2) is 0 Å². The Balaban J connectivity index is 1.77. The summed E-state index contributed by atoms with van der Waals surface area (Å²) in [5, 5.41) is 3.17. The van der Waals surface area contributed by atoms with E-state index in [0.717, 1.165) is 6.42 Å². The fourth-order valence-electron chi connectivity index (χ4n) is 2.91. The summed E-state index contributed by atoms with van der Waals surface area (Å²) in [5.74, 6) is 1.10. The van der Waals surface area contributed by atoms with E-state index < -0.39 is 19.7 Å². The Kier molecular flexibility index (Phi) is 3.63. The molecular weight excluding hydrogens is 341 g/mol. The van der Waals surface area contributed by atoms with Crippen molar-refractivity contribution >= 4 is 13.6 Å². The van der Waals surface area contributed by atoms with E-state index in [1.807, 2.05) is 44.2 Å². The first-order valence-corrected chi connectivity index (χ1v) is 10.2. The molecule has 2 atom stereocenters. The van der Waals surface area contributed by atoms with Gasteiger partial charge < -0.3 is 0 Å². The molecule has 1 spiro atoms. The van der Waals surface area contributed by atoms with Gasteiger partial charge in [-0.1, -0.05) is 0 Å². The number of benzene rings is 2. The van der Waals surface area contributed by atoms with Crippen LogP contribution in [0.15, 0.2) is 54.6 Å². The van der Waals surface area contributed by atoms with E-state index in [1.54, 1.807) is 24.3 Å². The van der Waals surface area contributed by atoms with Gasteiger partial charge in [0.05, 0.1) is 0 Å². The van der Waals surface area contributed by atoms with Gasteiger partial charge in [-0.2, -0.15) is 0 Å². The Morgan fingerprint density at radius 1 is 1.04 bits per heavy atom. The maximum absolute atomic E-state index is 12.6. The van der Waals surface area contributed by atoms with Gasteiger partial charge in [-0.15, -0.1) is 0 Å². The molecule has 1 N–H and O–H groups in total. The summed E-state index contributed by atoms with van der Waals surface area (Å²) in [6.45, 7) is 3.99. The summed E-state index contributed by atoms with van der Waals surface area (Å²) < 4.78 is 24.0. The molecule has 2 aromatic carbocycles. The second kappa shape index (κ2) is 5.61. The molecule has 0 aliphatic carbocycles. The Bertz CT molecular complexity index is 787. The van der Waals surface area contributed by atoms with E-state index >= 15 is 0 Å². The Morgan fingerprint density at radius 3 is 2.24 bits per heavy atom. The third-order valence-corrected chi connectivity index (χ3v) is 7.17. The number of hydrogen-bond donors (Lipinski definition) is 1. The third kappa shape index (κ3) is 2.62. The molecule has 2 aliphatic heterocycles. The van der Waals surface area contributed by atoms with Crippen molar-refractivity contribution in [1.82, 2.24) is 5.09 Å². The number of rotatable bonds is 4. The van der Waals surface area contributed by atoms with Crippen molar-refractivity contribution in [1.29, 1.82) is 0 Å². The zero-order valence-corrected chi connectivity index (χ0v) is 14.9. The van der Waals surface area contributed by atoms with E-state index in [1.165, 1.54) is 0 Å². The summed E-state index contributed by atoms with van der Waals surface area (Å²) in [6, 6.07) is 15.7. The van der Waals surface area contributed by atoms with Gasteiger partial charge in [-0.3, -0.25) is 0 Å². The number of hydrogen-bond acceptors (Lipinski definition) is 6. The van der Waals surface area contributed by atoms with E-state index in [9.17, 15) is 4.79 Å². The van der Waals surface area contributed by atoms with Crippen LogP contribution in [0.5, 0.6) is 17.2 Å². The van der Waals surface area contributed by atoms with Crippen LogP contribution < -0.4 is 18.7 Å². The molecule has 7 heteroatoms. The van der Waals surface area contributed by atoms with Crippen molar-refractivity contribution < 1.29 is 22.9 Å². The summed E-state index contributed by atoms with van der Waals surface area (Å²) in [7, 11) is -4.37. The van der Waals surface area contributed by atoms with Crippen molar-refractivity contribution in [3.05, 3.63) is 54.6 Å². The minimum atomic E-state index is -4.37. The molecule has 0 radical (unpaired) electrons. The molecule has 1 saturated heterocycles. The van der Waals surface area contributed by atoms with Crippen LogP contribution >= 0.6 is 7.66 Å². The van der Waals surface area contributed by atoms with Crippen LogP contribution in [0.2, 0.25) is 0 Å². The maximum atomic E-state index is 12.6. The van der Waals surface area contributed by atoms with E-state index in [4.69, 9.17) is 18.1 Å². The Morgan fingerprint density at radius 2 is 1.64 bits per heavy atom. The summed E-state index contributed by atoms with van der Waals surface area (Å²) in [4.78, 5) is 12.6. The number of para-hydroxylation sites is 3. The second-order valence-corrected chi connectivity index (χ2v) is 8.86. The topological polar surface area (TPSA) is 66.0 Å². The van der Waals surface area contributed by atoms with Crippen molar-refractivity contribution in [2.24, 2.45) is 5.92 Å². The third-order valence-electron chi connectivity index (χ3n) is 4.43. The quantitative estimate of drug-likeness (QED) is 0.823. The normalized spacial score (nSPS) is 25.0. The standard InChI is InChI=1S/C18H20NO5P/c1-3-13(2)17-18(20)24-25(19-17,21-14-9-5-4-6-10-14)22-15-11-7-8-12-16(15)23-25/h4-13,17,19H,3H2,1-2H3/t13?,17-/m1/s1. The monoisotopic (exact) mass is 361 g/mol. The van der Waals surface area contributed by atoms with Gasteiger partial charge in [0.25, 0.3) is 0 Å². The average Bonchev–Trinajstić information content (AvgIpc) is 3.08. The van der Waals surface area contributed by atoms with E-state index in [-0.39, 0.29) is 5.92 Å². The predicted molar refractivity (Wildman–Crippen MR) is 94.2 cm³/mol. The summed E-state index contributed by atoms with van der Waals surface area (Å²) in [5.41, 5.74) is 0. The molecule has 4 rings (SSSR count). The molecule has 0 amide bonds. The van der Waals surface area contributed by atoms with Crippen molar-refractivity contribution in [2.45, 2.75) is 26.3 Å². The average molecular weight is 361 g/mol. The molecule has 0 bridgehead atoms. The van der Waals surface area contributed by atoms with Crippen molar-refractivity contribution in [2.75, 3.05) is 0 Å². The van der Waals surface area contributed by atoms with Crippen LogP contribution in [0.4, 0.5) is 0 Å². The molecule has 1 unspecified atom stereocenters. The number of carbonyl (C=O) groups excluding carboxylic acids is 1. The SMILES string of the molecule is CCC(C)[C@H]1NP2(Oc3ccccc3)(OC1=O)Oc1ccccc1O2. The number of carbonyl (C=O) groups is 1. The van der Waals surface area contributed by atoms with Crippen LogP contribution in [0.25, 0.3) is 0 Å². The molecule has 0 aromatic heterocycles. The van der Waals surface area contributed by atoms with Crippen LogP contribution in [-0.2, 0) is 9.32 Å². The first-order valence-electron chi connectivity index (χ1n) is 8.32. The van der Waals surface area contributed by atoms with Crippen LogP contribution in [0.3, 0.4) is 0 Å². The first kappa shape index (κ1) is 16.2. The zero-order chi connectivity index (χ0) is 17.5.